The van der Waals surface area contributed by atoms with Crippen LogP contribution >= 0.6 is 34.7 Å². The van der Waals surface area contributed by atoms with Crippen molar-refractivity contribution in [3.05, 3.63) is 21.3 Å². The number of likely N-dealkylation sites (tertiary alicyclic amines) is 1. The van der Waals surface area contributed by atoms with E-state index in [0.717, 1.165) is 29.5 Å². The normalized spacial score (nSPS) is 19.4. The highest BCUT2D eigenvalue weighted by molar-refractivity contribution is 7.99. The zero-order valence-corrected chi connectivity index (χ0v) is 12.4. The van der Waals surface area contributed by atoms with Crippen molar-refractivity contribution in [1.29, 1.82) is 0 Å². The minimum atomic E-state index is 0.0364. The van der Waals surface area contributed by atoms with Gasteiger partial charge in [-0.2, -0.15) is 0 Å². The molecule has 1 aromatic rings. The van der Waals surface area contributed by atoms with Crippen LogP contribution in [0, 0.1) is 0 Å². The highest BCUT2D eigenvalue weighted by Gasteiger charge is 2.27. The molecule has 2 heterocycles. The van der Waals surface area contributed by atoms with Crippen molar-refractivity contribution < 1.29 is 9.90 Å². The minimum Gasteiger partial charge on any atom is -0.394 e. The molecular formula is C12H16ClNO2S2. The molecule has 1 atom stereocenters. The summed E-state index contributed by atoms with van der Waals surface area (Å²) in [5, 5.41) is 9.18. The molecule has 0 bridgehead atoms. The fourth-order valence-electron chi connectivity index (χ4n) is 2.11. The van der Waals surface area contributed by atoms with Crippen LogP contribution in [0.25, 0.3) is 0 Å². The maximum Gasteiger partial charge on any atom is 0.232 e. The number of halogens is 1. The molecule has 1 amide bonds. The number of aliphatic hydroxyl groups excluding tert-OH is 1. The van der Waals surface area contributed by atoms with Crippen molar-refractivity contribution in [2.45, 2.75) is 24.6 Å². The molecule has 1 N–H and O–H groups in total. The molecule has 1 saturated heterocycles. The summed E-state index contributed by atoms with van der Waals surface area (Å²) in [7, 11) is 0. The maximum atomic E-state index is 12.0. The molecule has 100 valence electrons. The Bertz CT molecular complexity index is 411. The Balaban J connectivity index is 1.74. The number of thioether (sulfide) groups is 1. The SMILES string of the molecule is O=C(CSCc1ccc(Cl)s1)N1CCCC1CO. The Kier molecular flexibility index (Phi) is 5.36. The largest absolute Gasteiger partial charge is 0.394 e. The van der Waals surface area contributed by atoms with E-state index < -0.39 is 0 Å². The number of carbonyl (C=O) groups is 1. The highest BCUT2D eigenvalue weighted by atomic mass is 35.5. The summed E-state index contributed by atoms with van der Waals surface area (Å²) in [6, 6.07) is 3.91. The van der Waals surface area contributed by atoms with Gasteiger partial charge in [-0.15, -0.1) is 23.1 Å². The van der Waals surface area contributed by atoms with Gasteiger partial charge >= 0.3 is 0 Å². The lowest BCUT2D eigenvalue weighted by molar-refractivity contribution is -0.129. The van der Waals surface area contributed by atoms with E-state index in [2.05, 4.69) is 0 Å². The molecule has 1 aliphatic rings. The predicted octanol–water partition coefficient (Wildman–Crippen LogP) is 2.62. The van der Waals surface area contributed by atoms with E-state index >= 15 is 0 Å². The number of amides is 1. The lowest BCUT2D eigenvalue weighted by atomic mass is 10.2. The fraction of sp³-hybridized carbons (Fsp3) is 0.583. The number of hydrogen-bond acceptors (Lipinski definition) is 4. The molecule has 6 heteroatoms. The van der Waals surface area contributed by atoms with E-state index in [1.165, 1.54) is 4.88 Å². The number of hydrogen-bond donors (Lipinski definition) is 1. The Morgan fingerprint density at radius 3 is 3.11 bits per heavy atom. The first-order chi connectivity index (χ1) is 8.70. The average molecular weight is 306 g/mol. The molecule has 0 radical (unpaired) electrons. The van der Waals surface area contributed by atoms with E-state index in [-0.39, 0.29) is 18.6 Å². The van der Waals surface area contributed by atoms with Crippen molar-refractivity contribution in [2.24, 2.45) is 0 Å². The fourth-order valence-corrected chi connectivity index (χ4v) is 4.21. The second-order valence-electron chi connectivity index (χ2n) is 4.26. The van der Waals surface area contributed by atoms with Crippen molar-refractivity contribution in [2.75, 3.05) is 18.9 Å². The molecule has 1 unspecified atom stereocenters. The molecule has 1 aliphatic heterocycles. The summed E-state index contributed by atoms with van der Waals surface area (Å²) in [4.78, 5) is 15.0. The third kappa shape index (κ3) is 3.63. The minimum absolute atomic E-state index is 0.0364. The summed E-state index contributed by atoms with van der Waals surface area (Å²) < 4.78 is 0.789. The summed E-state index contributed by atoms with van der Waals surface area (Å²) in [5.74, 6) is 1.44. The third-order valence-electron chi connectivity index (χ3n) is 3.01. The van der Waals surface area contributed by atoms with Gasteiger partial charge in [0.05, 0.1) is 22.7 Å². The van der Waals surface area contributed by atoms with E-state index in [9.17, 15) is 9.90 Å². The van der Waals surface area contributed by atoms with E-state index in [1.54, 1.807) is 23.1 Å². The monoisotopic (exact) mass is 305 g/mol. The van der Waals surface area contributed by atoms with E-state index in [1.807, 2.05) is 17.0 Å². The molecule has 2 rings (SSSR count). The van der Waals surface area contributed by atoms with Crippen LogP contribution in [-0.2, 0) is 10.5 Å². The number of rotatable bonds is 5. The summed E-state index contributed by atoms with van der Waals surface area (Å²) in [5.41, 5.74) is 0. The van der Waals surface area contributed by atoms with Gasteiger partial charge < -0.3 is 10.0 Å². The van der Waals surface area contributed by atoms with Crippen LogP contribution in [0.15, 0.2) is 12.1 Å². The molecule has 3 nitrogen and oxygen atoms in total. The lowest BCUT2D eigenvalue weighted by Gasteiger charge is -2.22. The molecular weight excluding hydrogens is 290 g/mol. The number of nitrogens with zero attached hydrogens (tertiary/aromatic N) is 1. The van der Waals surface area contributed by atoms with Gasteiger partial charge in [0.15, 0.2) is 0 Å². The van der Waals surface area contributed by atoms with E-state index in [4.69, 9.17) is 11.6 Å². The molecule has 0 saturated carbocycles. The topological polar surface area (TPSA) is 40.5 Å². The first kappa shape index (κ1) is 14.2. The van der Waals surface area contributed by atoms with Gasteiger partial charge in [0.2, 0.25) is 5.91 Å². The van der Waals surface area contributed by atoms with Crippen molar-refractivity contribution in [3.8, 4) is 0 Å². The van der Waals surface area contributed by atoms with Crippen molar-refractivity contribution >= 4 is 40.6 Å². The van der Waals surface area contributed by atoms with Crippen LogP contribution in [0.2, 0.25) is 4.34 Å². The first-order valence-electron chi connectivity index (χ1n) is 5.93. The Morgan fingerprint density at radius 2 is 2.44 bits per heavy atom. The van der Waals surface area contributed by atoms with Crippen LogP contribution in [0.3, 0.4) is 0 Å². The van der Waals surface area contributed by atoms with Gasteiger partial charge in [-0.3, -0.25) is 4.79 Å². The standard InChI is InChI=1S/C12H16ClNO2S2/c13-11-4-3-10(18-11)7-17-8-12(16)14-5-1-2-9(14)6-15/h3-4,9,15H,1-2,5-8H2. The van der Waals surface area contributed by atoms with Crippen LogP contribution in [0.1, 0.15) is 17.7 Å². The Hall–Kier alpha value is -0.230. The number of thiophene rings is 1. The van der Waals surface area contributed by atoms with E-state index in [0.29, 0.717) is 5.75 Å². The Labute approximate surface area is 120 Å². The van der Waals surface area contributed by atoms with Gasteiger partial charge in [0.25, 0.3) is 0 Å². The van der Waals surface area contributed by atoms with Crippen LogP contribution in [-0.4, -0.2) is 40.9 Å². The molecule has 1 aromatic heterocycles. The van der Waals surface area contributed by atoms with Crippen molar-refractivity contribution in [1.82, 2.24) is 4.90 Å². The zero-order chi connectivity index (χ0) is 13.0. The molecule has 0 spiro atoms. The summed E-state index contributed by atoms with van der Waals surface area (Å²) in [6.45, 7) is 0.867. The van der Waals surface area contributed by atoms with Crippen LogP contribution < -0.4 is 0 Å². The Morgan fingerprint density at radius 1 is 1.61 bits per heavy atom. The van der Waals surface area contributed by atoms with Gasteiger partial charge in [-0.1, -0.05) is 11.6 Å². The predicted molar refractivity (Wildman–Crippen MR) is 77.3 cm³/mol. The molecule has 0 aliphatic carbocycles. The summed E-state index contributed by atoms with van der Waals surface area (Å²) >= 11 is 9.01. The molecule has 0 aromatic carbocycles. The number of carbonyl (C=O) groups excluding carboxylic acids is 1. The first-order valence-corrected chi connectivity index (χ1v) is 8.28. The smallest absolute Gasteiger partial charge is 0.232 e. The quantitative estimate of drug-likeness (QED) is 0.909. The average Bonchev–Trinajstić information content (AvgIpc) is 2.97. The van der Waals surface area contributed by atoms with Gasteiger partial charge in [0, 0.05) is 17.2 Å². The van der Waals surface area contributed by atoms with Crippen molar-refractivity contribution in [3.63, 3.8) is 0 Å². The molecule has 1 fully saturated rings. The number of aliphatic hydroxyl groups is 1. The molecule has 18 heavy (non-hydrogen) atoms. The van der Waals surface area contributed by atoms with Gasteiger partial charge in [-0.25, -0.2) is 0 Å². The maximum absolute atomic E-state index is 12.0. The highest BCUT2D eigenvalue weighted by Crippen LogP contribution is 2.26. The summed E-state index contributed by atoms with van der Waals surface area (Å²) in [6.07, 6.45) is 1.93. The lowest BCUT2D eigenvalue weighted by Crippen LogP contribution is -2.38. The second-order valence-corrected chi connectivity index (χ2v) is 7.05. The van der Waals surface area contributed by atoms with Crippen LogP contribution in [0.4, 0.5) is 0 Å². The second kappa shape index (κ2) is 6.80. The van der Waals surface area contributed by atoms with Gasteiger partial charge in [-0.05, 0) is 25.0 Å². The van der Waals surface area contributed by atoms with Crippen LogP contribution in [0.5, 0.6) is 0 Å². The third-order valence-corrected chi connectivity index (χ3v) is 5.39. The van der Waals surface area contributed by atoms with Gasteiger partial charge in [0.1, 0.15) is 0 Å². The zero-order valence-electron chi connectivity index (χ0n) is 9.97.